The maximum absolute atomic E-state index is 12.4. The molecule has 166 valence electrons. The van der Waals surface area contributed by atoms with Gasteiger partial charge in [-0.1, -0.05) is 66.7 Å². The third kappa shape index (κ3) is 3.71. The van der Waals surface area contributed by atoms with E-state index in [0.717, 1.165) is 34.6 Å². The number of carbonyl (C=O) groups is 1. The van der Waals surface area contributed by atoms with Crippen LogP contribution >= 0.6 is 0 Å². The van der Waals surface area contributed by atoms with Crippen LogP contribution in [-0.2, 0) is 0 Å². The Bertz CT molecular complexity index is 1350. The molecule has 0 aromatic heterocycles. The van der Waals surface area contributed by atoms with Gasteiger partial charge in [-0.15, -0.1) is 0 Å². The smallest absolute Gasteiger partial charge is 0.343 e. The van der Waals surface area contributed by atoms with E-state index in [1.165, 1.54) is 0 Å². The molecular formula is C29H22N2O3. The summed E-state index contributed by atoms with van der Waals surface area (Å²) >= 11 is 0. The molecule has 0 N–H and O–H groups in total. The number of para-hydroxylation sites is 1. The van der Waals surface area contributed by atoms with Gasteiger partial charge < -0.3 is 9.47 Å². The van der Waals surface area contributed by atoms with Crippen molar-refractivity contribution in [1.82, 2.24) is 5.01 Å². The Hall–Kier alpha value is -4.38. The molecule has 0 aliphatic carbocycles. The van der Waals surface area contributed by atoms with Crippen LogP contribution in [0, 0.1) is 0 Å². The molecule has 0 saturated heterocycles. The summed E-state index contributed by atoms with van der Waals surface area (Å²) < 4.78 is 12.0. The first-order chi connectivity index (χ1) is 16.8. The SMILES string of the molecule is O=C(Oc1ccc([C@@H]2Oc3ccccc3[C@@H]3CC(c4ccccc4)=NN32)cc1)c1ccccc1. The van der Waals surface area contributed by atoms with E-state index in [4.69, 9.17) is 14.6 Å². The van der Waals surface area contributed by atoms with E-state index in [9.17, 15) is 4.79 Å². The van der Waals surface area contributed by atoms with E-state index in [0.29, 0.717) is 11.3 Å². The van der Waals surface area contributed by atoms with Crippen LogP contribution in [0.4, 0.5) is 0 Å². The van der Waals surface area contributed by atoms with E-state index in [-0.39, 0.29) is 18.2 Å². The van der Waals surface area contributed by atoms with Gasteiger partial charge in [0.05, 0.1) is 17.3 Å². The number of rotatable bonds is 4. The van der Waals surface area contributed by atoms with Gasteiger partial charge in [-0.05, 0) is 48.0 Å². The van der Waals surface area contributed by atoms with Crippen molar-refractivity contribution in [2.24, 2.45) is 5.10 Å². The van der Waals surface area contributed by atoms with Crippen LogP contribution < -0.4 is 9.47 Å². The lowest BCUT2D eigenvalue weighted by atomic mass is 9.96. The van der Waals surface area contributed by atoms with Crippen molar-refractivity contribution in [2.45, 2.75) is 18.7 Å². The van der Waals surface area contributed by atoms with Crippen LogP contribution in [0.15, 0.2) is 114 Å². The van der Waals surface area contributed by atoms with Crippen molar-refractivity contribution in [3.05, 3.63) is 131 Å². The van der Waals surface area contributed by atoms with Gasteiger partial charge in [-0.3, -0.25) is 0 Å². The Balaban J connectivity index is 1.29. The number of carbonyl (C=O) groups excluding carboxylic acids is 1. The van der Waals surface area contributed by atoms with E-state index in [1.807, 2.05) is 66.7 Å². The Kier molecular flexibility index (Phi) is 5.07. The van der Waals surface area contributed by atoms with Gasteiger partial charge in [-0.25, -0.2) is 9.80 Å². The molecule has 0 fully saturated rings. The molecule has 0 saturated carbocycles. The summed E-state index contributed by atoms with van der Waals surface area (Å²) in [5.41, 5.74) is 4.76. The van der Waals surface area contributed by atoms with Gasteiger partial charge in [0.15, 0.2) is 0 Å². The Morgan fingerprint density at radius 1 is 0.824 bits per heavy atom. The lowest BCUT2D eigenvalue weighted by molar-refractivity contribution is -0.0190. The molecule has 5 heteroatoms. The van der Waals surface area contributed by atoms with Gasteiger partial charge in [0, 0.05) is 17.5 Å². The summed E-state index contributed by atoms with van der Waals surface area (Å²) in [6.45, 7) is 0. The van der Waals surface area contributed by atoms with E-state index in [2.05, 4.69) is 23.2 Å². The molecule has 4 aromatic rings. The van der Waals surface area contributed by atoms with Crippen LogP contribution in [0.1, 0.15) is 45.7 Å². The summed E-state index contributed by atoms with van der Waals surface area (Å²) in [7, 11) is 0. The van der Waals surface area contributed by atoms with Crippen molar-refractivity contribution < 1.29 is 14.3 Å². The number of ether oxygens (including phenoxy) is 2. The molecule has 0 unspecified atom stereocenters. The van der Waals surface area contributed by atoms with Crippen molar-refractivity contribution in [1.29, 1.82) is 0 Å². The first-order valence-corrected chi connectivity index (χ1v) is 11.3. The largest absolute Gasteiger partial charge is 0.464 e. The molecule has 2 heterocycles. The molecule has 4 aromatic carbocycles. The van der Waals surface area contributed by atoms with Gasteiger partial charge in [0.25, 0.3) is 0 Å². The third-order valence-corrected chi connectivity index (χ3v) is 6.19. The second-order valence-electron chi connectivity index (χ2n) is 8.35. The average Bonchev–Trinajstić information content (AvgIpc) is 3.36. The number of benzene rings is 4. The summed E-state index contributed by atoms with van der Waals surface area (Å²) in [6.07, 6.45) is 0.438. The van der Waals surface area contributed by atoms with Crippen LogP contribution in [-0.4, -0.2) is 16.7 Å². The van der Waals surface area contributed by atoms with Crippen molar-refractivity contribution in [3.8, 4) is 11.5 Å². The molecular weight excluding hydrogens is 424 g/mol. The minimum Gasteiger partial charge on any atom is -0.464 e. The minimum atomic E-state index is -0.382. The summed E-state index contributed by atoms with van der Waals surface area (Å²) in [6, 6.07) is 34.9. The van der Waals surface area contributed by atoms with Crippen LogP contribution in [0.3, 0.4) is 0 Å². The molecule has 0 amide bonds. The van der Waals surface area contributed by atoms with E-state index >= 15 is 0 Å². The quantitative estimate of drug-likeness (QED) is 0.279. The van der Waals surface area contributed by atoms with E-state index in [1.54, 1.807) is 24.3 Å². The highest BCUT2D eigenvalue weighted by atomic mass is 16.5. The highest BCUT2D eigenvalue weighted by Gasteiger charge is 2.40. The molecule has 0 radical (unpaired) electrons. The molecule has 0 spiro atoms. The predicted octanol–water partition coefficient (Wildman–Crippen LogP) is 6.15. The maximum atomic E-state index is 12.4. The molecule has 2 aliphatic heterocycles. The number of fused-ring (bicyclic) bond motifs is 3. The Morgan fingerprint density at radius 3 is 2.26 bits per heavy atom. The summed E-state index contributed by atoms with van der Waals surface area (Å²) in [4.78, 5) is 12.4. The molecule has 2 aliphatic rings. The van der Waals surface area contributed by atoms with Gasteiger partial charge >= 0.3 is 5.97 Å². The topological polar surface area (TPSA) is 51.1 Å². The average molecular weight is 447 g/mol. The van der Waals surface area contributed by atoms with Gasteiger partial charge in [-0.2, -0.15) is 5.10 Å². The number of hydrogen-bond acceptors (Lipinski definition) is 5. The fourth-order valence-electron chi connectivity index (χ4n) is 4.50. The summed E-state index contributed by atoms with van der Waals surface area (Å²) in [5.74, 6) is 0.978. The molecule has 2 atom stereocenters. The highest BCUT2D eigenvalue weighted by Crippen LogP contribution is 2.47. The fraction of sp³-hybridized carbons (Fsp3) is 0.103. The molecule has 6 rings (SSSR count). The van der Waals surface area contributed by atoms with Crippen LogP contribution in [0.5, 0.6) is 11.5 Å². The zero-order chi connectivity index (χ0) is 22.9. The van der Waals surface area contributed by atoms with Crippen molar-refractivity contribution in [2.75, 3.05) is 0 Å². The first-order valence-electron chi connectivity index (χ1n) is 11.3. The van der Waals surface area contributed by atoms with Crippen LogP contribution in [0.2, 0.25) is 0 Å². The maximum Gasteiger partial charge on any atom is 0.343 e. The fourth-order valence-corrected chi connectivity index (χ4v) is 4.50. The lowest BCUT2D eigenvalue weighted by Crippen LogP contribution is -2.33. The number of nitrogens with zero attached hydrogens (tertiary/aromatic N) is 2. The zero-order valence-electron chi connectivity index (χ0n) is 18.4. The second-order valence-corrected chi connectivity index (χ2v) is 8.35. The molecule has 34 heavy (non-hydrogen) atoms. The van der Waals surface area contributed by atoms with Crippen molar-refractivity contribution in [3.63, 3.8) is 0 Å². The second kappa shape index (κ2) is 8.52. The standard InChI is InChI=1S/C29H22N2O3/c32-29(22-11-5-2-6-12-22)33-23-17-15-21(16-18-23)28-31-26(24-13-7-8-14-27(24)34-28)19-25(30-31)20-9-3-1-4-10-20/h1-18,26,28H,19H2/t26-,28-/m0/s1. The van der Waals surface area contributed by atoms with E-state index < -0.39 is 0 Å². The number of hydrazone groups is 1. The monoisotopic (exact) mass is 446 g/mol. The number of hydrogen-bond donors (Lipinski definition) is 0. The van der Waals surface area contributed by atoms with Crippen molar-refractivity contribution >= 4 is 11.7 Å². The first kappa shape index (κ1) is 20.2. The summed E-state index contributed by atoms with van der Waals surface area (Å²) in [5, 5.41) is 7.04. The minimum absolute atomic E-state index is 0.0979. The normalized spacial score (nSPS) is 18.4. The Labute approximate surface area is 197 Å². The third-order valence-electron chi connectivity index (χ3n) is 6.19. The highest BCUT2D eigenvalue weighted by molar-refractivity contribution is 6.01. The molecule has 5 nitrogen and oxygen atoms in total. The molecule has 0 bridgehead atoms. The number of esters is 1. The Morgan fingerprint density at radius 2 is 1.50 bits per heavy atom. The zero-order valence-corrected chi connectivity index (χ0v) is 18.4. The van der Waals surface area contributed by atoms with Gasteiger partial charge in [0.2, 0.25) is 6.23 Å². The van der Waals surface area contributed by atoms with Crippen LogP contribution in [0.25, 0.3) is 0 Å². The van der Waals surface area contributed by atoms with Gasteiger partial charge in [0.1, 0.15) is 11.5 Å². The lowest BCUT2D eigenvalue weighted by Gasteiger charge is -2.38. The predicted molar refractivity (Wildman–Crippen MR) is 130 cm³/mol.